The van der Waals surface area contributed by atoms with Crippen molar-refractivity contribution >= 4 is 10.0 Å². The SMILES string of the molecule is CCC1(O)CN(S(=O)(=O)c2ccc(C#N)c(C)c2)C1. The van der Waals surface area contributed by atoms with E-state index in [0.717, 1.165) is 0 Å². The maximum atomic E-state index is 12.3. The van der Waals surface area contributed by atoms with Gasteiger partial charge in [-0.2, -0.15) is 9.57 Å². The van der Waals surface area contributed by atoms with E-state index in [4.69, 9.17) is 5.26 Å². The molecule has 6 heteroatoms. The summed E-state index contributed by atoms with van der Waals surface area (Å²) in [5.41, 5.74) is 0.205. The molecule has 2 rings (SSSR count). The summed E-state index contributed by atoms with van der Waals surface area (Å²) in [4.78, 5) is 0.169. The van der Waals surface area contributed by atoms with Crippen LogP contribution in [0, 0.1) is 18.3 Å². The fourth-order valence-electron chi connectivity index (χ4n) is 2.07. The molecule has 0 bridgehead atoms. The average Bonchev–Trinajstić information content (AvgIpc) is 2.34. The number of hydrogen-bond acceptors (Lipinski definition) is 4. The van der Waals surface area contributed by atoms with Crippen LogP contribution < -0.4 is 0 Å². The number of hydrogen-bond donors (Lipinski definition) is 1. The van der Waals surface area contributed by atoms with E-state index in [-0.39, 0.29) is 18.0 Å². The monoisotopic (exact) mass is 280 g/mol. The third-order valence-electron chi connectivity index (χ3n) is 3.56. The lowest BCUT2D eigenvalue weighted by Gasteiger charge is -2.44. The summed E-state index contributed by atoms with van der Waals surface area (Å²) in [6.07, 6.45) is 0.533. The number of aryl methyl sites for hydroxylation is 1. The molecule has 0 saturated carbocycles. The number of sulfonamides is 1. The average molecular weight is 280 g/mol. The van der Waals surface area contributed by atoms with E-state index >= 15 is 0 Å². The lowest BCUT2D eigenvalue weighted by molar-refractivity contribution is -0.0613. The lowest BCUT2D eigenvalue weighted by atomic mass is 9.94. The fourth-order valence-corrected chi connectivity index (χ4v) is 3.76. The Bertz CT molecular complexity index is 640. The molecule has 0 atom stereocenters. The molecule has 1 saturated heterocycles. The number of nitrogens with zero attached hydrogens (tertiary/aromatic N) is 2. The number of aliphatic hydroxyl groups is 1. The number of benzene rings is 1. The standard InChI is InChI=1S/C13H16N2O3S/c1-3-13(16)8-15(9-13)19(17,18)12-5-4-11(7-14)10(2)6-12/h4-6,16H,3,8-9H2,1-2H3. The van der Waals surface area contributed by atoms with Crippen molar-refractivity contribution in [1.82, 2.24) is 4.31 Å². The molecule has 1 aliphatic heterocycles. The minimum Gasteiger partial charge on any atom is -0.387 e. The van der Waals surface area contributed by atoms with Gasteiger partial charge >= 0.3 is 0 Å². The largest absolute Gasteiger partial charge is 0.387 e. The van der Waals surface area contributed by atoms with E-state index in [1.54, 1.807) is 6.92 Å². The first kappa shape index (κ1) is 14.0. The zero-order chi connectivity index (χ0) is 14.3. The molecule has 1 aliphatic rings. The van der Waals surface area contributed by atoms with Crippen molar-refractivity contribution in [2.45, 2.75) is 30.8 Å². The highest BCUT2D eigenvalue weighted by Gasteiger charge is 2.45. The van der Waals surface area contributed by atoms with Crippen LogP contribution in [0.25, 0.3) is 0 Å². The Hall–Kier alpha value is -1.42. The van der Waals surface area contributed by atoms with Gasteiger partial charge in [-0.25, -0.2) is 8.42 Å². The van der Waals surface area contributed by atoms with Gasteiger partial charge in [-0.05, 0) is 37.1 Å². The van der Waals surface area contributed by atoms with Crippen LogP contribution >= 0.6 is 0 Å². The van der Waals surface area contributed by atoms with Crippen LogP contribution in [0.5, 0.6) is 0 Å². The molecule has 19 heavy (non-hydrogen) atoms. The molecule has 0 radical (unpaired) electrons. The van der Waals surface area contributed by atoms with Crippen LogP contribution in [0.2, 0.25) is 0 Å². The van der Waals surface area contributed by atoms with Gasteiger partial charge in [0.2, 0.25) is 10.0 Å². The Kier molecular flexibility index (Phi) is 3.39. The molecule has 0 aromatic heterocycles. The summed E-state index contributed by atoms with van der Waals surface area (Å²) in [7, 11) is -3.57. The number of rotatable bonds is 3. The quantitative estimate of drug-likeness (QED) is 0.896. The second kappa shape index (κ2) is 4.60. The van der Waals surface area contributed by atoms with Crippen LogP contribution in [0.15, 0.2) is 23.1 Å². The Morgan fingerprint density at radius 3 is 2.58 bits per heavy atom. The van der Waals surface area contributed by atoms with E-state index < -0.39 is 15.6 Å². The lowest BCUT2D eigenvalue weighted by Crippen LogP contribution is -2.62. The molecular formula is C13H16N2O3S. The van der Waals surface area contributed by atoms with Crippen LogP contribution in [0.3, 0.4) is 0 Å². The topological polar surface area (TPSA) is 81.4 Å². The minimum atomic E-state index is -3.57. The first-order valence-electron chi connectivity index (χ1n) is 6.06. The summed E-state index contributed by atoms with van der Waals surface area (Å²) in [5, 5.41) is 18.7. The highest BCUT2D eigenvalue weighted by molar-refractivity contribution is 7.89. The maximum absolute atomic E-state index is 12.3. The Morgan fingerprint density at radius 2 is 2.11 bits per heavy atom. The molecule has 0 spiro atoms. The normalized spacial score (nSPS) is 18.6. The summed E-state index contributed by atoms with van der Waals surface area (Å²) in [6, 6.07) is 6.44. The van der Waals surface area contributed by atoms with Crippen molar-refractivity contribution in [3.05, 3.63) is 29.3 Å². The first-order chi connectivity index (χ1) is 8.82. The highest BCUT2D eigenvalue weighted by atomic mass is 32.2. The third kappa shape index (κ3) is 2.37. The predicted molar refractivity (Wildman–Crippen MR) is 69.9 cm³/mol. The molecule has 102 valence electrons. The van der Waals surface area contributed by atoms with Gasteiger partial charge in [0.25, 0.3) is 0 Å². The van der Waals surface area contributed by atoms with Gasteiger partial charge in [-0.1, -0.05) is 6.92 Å². The highest BCUT2D eigenvalue weighted by Crippen LogP contribution is 2.30. The first-order valence-corrected chi connectivity index (χ1v) is 7.50. The Morgan fingerprint density at radius 1 is 1.47 bits per heavy atom. The van der Waals surface area contributed by atoms with Crippen molar-refractivity contribution in [1.29, 1.82) is 5.26 Å². The third-order valence-corrected chi connectivity index (χ3v) is 5.34. The Labute approximate surface area is 113 Å². The van der Waals surface area contributed by atoms with Gasteiger partial charge in [0.05, 0.1) is 22.1 Å². The summed E-state index contributed by atoms with van der Waals surface area (Å²) < 4.78 is 25.9. The van der Waals surface area contributed by atoms with Crippen molar-refractivity contribution in [2.75, 3.05) is 13.1 Å². The Balaban J connectivity index is 2.28. The molecule has 0 amide bonds. The molecular weight excluding hydrogens is 264 g/mol. The molecule has 1 N–H and O–H groups in total. The molecule has 5 nitrogen and oxygen atoms in total. The van der Waals surface area contributed by atoms with E-state index in [9.17, 15) is 13.5 Å². The van der Waals surface area contributed by atoms with Gasteiger partial charge < -0.3 is 5.11 Å². The predicted octanol–water partition coefficient (Wildman–Crippen LogP) is 1.01. The fraction of sp³-hybridized carbons (Fsp3) is 0.462. The van der Waals surface area contributed by atoms with Crippen LogP contribution in [-0.2, 0) is 10.0 Å². The van der Waals surface area contributed by atoms with Gasteiger partial charge in [0.15, 0.2) is 0 Å². The molecule has 1 aromatic rings. The van der Waals surface area contributed by atoms with Crippen molar-refractivity contribution < 1.29 is 13.5 Å². The summed E-state index contributed by atoms with van der Waals surface area (Å²) in [6.45, 7) is 3.79. The van der Waals surface area contributed by atoms with Crippen LogP contribution in [0.4, 0.5) is 0 Å². The molecule has 1 heterocycles. The number of β-amino-alcohol motifs (C(OH)–C–C–N with tert-alkyl or cyclic N) is 1. The van der Waals surface area contributed by atoms with E-state index in [1.165, 1.54) is 22.5 Å². The second-order valence-electron chi connectivity index (χ2n) is 4.94. The number of nitriles is 1. The maximum Gasteiger partial charge on any atom is 0.243 e. The minimum absolute atomic E-state index is 0.130. The molecule has 0 aliphatic carbocycles. The van der Waals surface area contributed by atoms with Gasteiger partial charge in [0.1, 0.15) is 0 Å². The molecule has 1 aromatic carbocycles. The van der Waals surface area contributed by atoms with Gasteiger partial charge in [-0.15, -0.1) is 0 Å². The van der Waals surface area contributed by atoms with Gasteiger partial charge in [-0.3, -0.25) is 0 Å². The van der Waals surface area contributed by atoms with Crippen molar-refractivity contribution in [3.63, 3.8) is 0 Å². The zero-order valence-corrected chi connectivity index (χ0v) is 11.7. The van der Waals surface area contributed by atoms with Crippen molar-refractivity contribution in [3.8, 4) is 6.07 Å². The van der Waals surface area contributed by atoms with Crippen molar-refractivity contribution in [2.24, 2.45) is 0 Å². The summed E-state index contributed by atoms with van der Waals surface area (Å²) >= 11 is 0. The van der Waals surface area contributed by atoms with E-state index in [1.807, 2.05) is 13.0 Å². The summed E-state index contributed by atoms with van der Waals surface area (Å²) in [5.74, 6) is 0. The smallest absolute Gasteiger partial charge is 0.243 e. The second-order valence-corrected chi connectivity index (χ2v) is 6.88. The van der Waals surface area contributed by atoms with Gasteiger partial charge in [0, 0.05) is 13.1 Å². The van der Waals surface area contributed by atoms with E-state index in [2.05, 4.69) is 0 Å². The van der Waals surface area contributed by atoms with E-state index in [0.29, 0.717) is 17.5 Å². The zero-order valence-electron chi connectivity index (χ0n) is 10.9. The molecule has 0 unspecified atom stereocenters. The molecule has 1 fully saturated rings. The van der Waals surface area contributed by atoms with Crippen LogP contribution in [-0.4, -0.2) is 36.5 Å². The van der Waals surface area contributed by atoms with Crippen LogP contribution in [0.1, 0.15) is 24.5 Å².